The van der Waals surface area contributed by atoms with Crippen LogP contribution in [0.1, 0.15) is 6.42 Å². The third-order valence-corrected chi connectivity index (χ3v) is 2.89. The van der Waals surface area contributed by atoms with E-state index in [1.165, 1.54) is 11.8 Å². The van der Waals surface area contributed by atoms with Crippen LogP contribution in [0.4, 0.5) is 0 Å². The van der Waals surface area contributed by atoms with Crippen LogP contribution in [0.5, 0.6) is 0 Å². The summed E-state index contributed by atoms with van der Waals surface area (Å²) >= 11 is 1.43. The van der Waals surface area contributed by atoms with Crippen molar-refractivity contribution in [3.05, 3.63) is 0 Å². The van der Waals surface area contributed by atoms with Gasteiger partial charge in [-0.05, 0) is 6.42 Å². The van der Waals surface area contributed by atoms with Gasteiger partial charge in [0.05, 0.1) is 6.61 Å². The van der Waals surface area contributed by atoms with Gasteiger partial charge in [-0.2, -0.15) is 11.8 Å². The molecule has 0 aliphatic heterocycles. The number of rotatable bonds is 12. The molecule has 0 aromatic heterocycles. The molecular weight excluding hydrogens is 246 g/mol. The fourth-order valence-electron chi connectivity index (χ4n) is 0.999. The summed E-state index contributed by atoms with van der Waals surface area (Å²) in [5.41, 5.74) is 0. The van der Waals surface area contributed by atoms with Gasteiger partial charge in [-0.15, -0.1) is 0 Å². The van der Waals surface area contributed by atoms with Gasteiger partial charge >= 0.3 is 5.97 Å². The summed E-state index contributed by atoms with van der Waals surface area (Å²) in [6, 6.07) is -0.828. The highest BCUT2D eigenvalue weighted by Gasteiger charge is 2.15. The molecule has 0 spiro atoms. The van der Waals surface area contributed by atoms with Gasteiger partial charge in [-0.1, -0.05) is 0 Å². The van der Waals surface area contributed by atoms with Crippen LogP contribution in [0.3, 0.4) is 0 Å². The van der Waals surface area contributed by atoms with Crippen molar-refractivity contribution in [2.45, 2.75) is 12.5 Å². The Hall–Kier alpha value is -0.790. The molecule has 0 aromatic carbocycles. The Morgan fingerprint density at radius 3 is 2.82 bits per heavy atom. The summed E-state index contributed by atoms with van der Waals surface area (Å²) in [4.78, 5) is 20.8. The number of amides is 1. The highest BCUT2D eigenvalue weighted by Crippen LogP contribution is 2.03. The van der Waals surface area contributed by atoms with Crippen LogP contribution >= 0.6 is 11.8 Å². The van der Waals surface area contributed by atoms with Crippen LogP contribution in [0, 0.1) is 0 Å². The molecule has 17 heavy (non-hydrogen) atoms. The van der Waals surface area contributed by atoms with E-state index >= 15 is 0 Å². The molecule has 2 N–H and O–H groups in total. The molecule has 0 aromatic rings. The summed E-state index contributed by atoms with van der Waals surface area (Å²) in [5.74, 6) is 0.0258. The molecule has 0 bridgehead atoms. The largest absolute Gasteiger partial charge is 0.480 e. The number of carbonyl (C=O) groups is 2. The predicted molar refractivity (Wildman–Crippen MR) is 65.3 cm³/mol. The summed E-state index contributed by atoms with van der Waals surface area (Å²) in [7, 11) is 1.64. The lowest BCUT2D eigenvalue weighted by molar-refractivity contribution is -0.139. The number of carboxylic acids is 1. The number of carbonyl (C=O) groups excluding carboxylic acids is 1. The van der Waals surface area contributed by atoms with Crippen molar-refractivity contribution in [1.82, 2.24) is 5.32 Å². The van der Waals surface area contributed by atoms with Gasteiger partial charge in [0.25, 0.3) is 0 Å². The van der Waals surface area contributed by atoms with E-state index in [1.54, 1.807) is 7.11 Å². The second-order valence-corrected chi connectivity index (χ2v) is 4.36. The van der Waals surface area contributed by atoms with Crippen molar-refractivity contribution in [3.63, 3.8) is 0 Å². The average Bonchev–Trinajstić information content (AvgIpc) is 2.31. The molecular formula is C10H19NO5S. The van der Waals surface area contributed by atoms with Gasteiger partial charge in [0.15, 0.2) is 0 Å². The fourth-order valence-corrected chi connectivity index (χ4v) is 1.88. The minimum atomic E-state index is -1.02. The van der Waals surface area contributed by atoms with Gasteiger partial charge in [-0.25, -0.2) is 4.79 Å². The summed E-state index contributed by atoms with van der Waals surface area (Å²) in [5, 5.41) is 11.0. The minimum absolute atomic E-state index is 0.343. The molecule has 0 saturated carbocycles. The quantitative estimate of drug-likeness (QED) is 0.381. The van der Waals surface area contributed by atoms with E-state index < -0.39 is 12.0 Å². The Labute approximate surface area is 105 Å². The van der Waals surface area contributed by atoms with Crippen molar-refractivity contribution in [2.24, 2.45) is 0 Å². The molecule has 0 saturated heterocycles. The van der Waals surface area contributed by atoms with Crippen molar-refractivity contribution < 1.29 is 24.2 Å². The first-order chi connectivity index (χ1) is 8.22. The zero-order valence-electron chi connectivity index (χ0n) is 9.89. The Bertz CT molecular complexity index is 215. The zero-order chi connectivity index (χ0) is 12.9. The number of nitrogens with one attached hydrogen (secondary N) is 1. The first kappa shape index (κ1) is 16.2. The lowest BCUT2D eigenvalue weighted by Gasteiger charge is -2.10. The first-order valence-corrected chi connectivity index (χ1v) is 6.44. The second kappa shape index (κ2) is 11.7. The van der Waals surface area contributed by atoms with E-state index in [2.05, 4.69) is 5.32 Å². The summed E-state index contributed by atoms with van der Waals surface area (Å²) in [6.45, 7) is 1.89. The minimum Gasteiger partial charge on any atom is -0.480 e. The van der Waals surface area contributed by atoms with E-state index in [-0.39, 0.29) is 0 Å². The molecule has 1 amide bonds. The van der Waals surface area contributed by atoms with Crippen molar-refractivity contribution in [3.8, 4) is 0 Å². The summed E-state index contributed by atoms with van der Waals surface area (Å²) < 4.78 is 10.2. The van der Waals surface area contributed by atoms with Crippen LogP contribution in [0.25, 0.3) is 0 Å². The molecule has 1 unspecified atom stereocenters. The van der Waals surface area contributed by atoms with Crippen LogP contribution in [0.2, 0.25) is 0 Å². The molecule has 1 atom stereocenters. The van der Waals surface area contributed by atoms with Crippen LogP contribution in [0.15, 0.2) is 0 Å². The lowest BCUT2D eigenvalue weighted by atomic mass is 10.3. The Morgan fingerprint density at radius 1 is 1.47 bits per heavy atom. The second-order valence-electron chi connectivity index (χ2n) is 3.21. The maximum absolute atomic E-state index is 10.6. The number of hydrogen-bond donors (Lipinski definition) is 2. The maximum Gasteiger partial charge on any atom is 0.327 e. The Kier molecular flexibility index (Phi) is 11.1. The maximum atomic E-state index is 10.6. The molecule has 0 radical (unpaired) electrons. The zero-order valence-corrected chi connectivity index (χ0v) is 10.7. The Morgan fingerprint density at radius 2 is 2.24 bits per heavy atom. The molecule has 6 nitrogen and oxygen atoms in total. The predicted octanol–water partition coefficient (Wildman–Crippen LogP) is -0.0281. The SMILES string of the molecule is COCCCOCCSCC(NC=O)C(=O)O. The van der Waals surface area contributed by atoms with Gasteiger partial charge < -0.3 is 19.9 Å². The smallest absolute Gasteiger partial charge is 0.327 e. The van der Waals surface area contributed by atoms with Crippen molar-refractivity contribution in [2.75, 3.05) is 38.4 Å². The first-order valence-electron chi connectivity index (χ1n) is 5.29. The molecule has 100 valence electrons. The number of thioether (sulfide) groups is 1. The van der Waals surface area contributed by atoms with Gasteiger partial charge in [0.1, 0.15) is 6.04 Å². The highest BCUT2D eigenvalue weighted by molar-refractivity contribution is 7.99. The number of carboxylic acid groups (broad SMARTS) is 1. The van der Waals surface area contributed by atoms with E-state index in [0.29, 0.717) is 37.7 Å². The molecule has 7 heteroatoms. The standard InChI is InChI=1S/C10H19NO5S/c1-15-3-2-4-16-5-6-17-7-9(10(13)14)11-8-12/h8-9H,2-7H2,1H3,(H,11,12)(H,13,14). The van der Waals surface area contributed by atoms with Gasteiger partial charge in [0, 0.05) is 31.8 Å². The number of hydrogen-bond acceptors (Lipinski definition) is 5. The number of ether oxygens (including phenoxy) is 2. The van der Waals surface area contributed by atoms with E-state index in [0.717, 1.165) is 6.42 Å². The summed E-state index contributed by atoms with van der Waals surface area (Å²) in [6.07, 6.45) is 1.26. The molecule has 0 aliphatic carbocycles. The molecule has 0 fully saturated rings. The van der Waals surface area contributed by atoms with Gasteiger partial charge in [-0.3, -0.25) is 4.79 Å². The van der Waals surface area contributed by atoms with Crippen LogP contribution in [-0.2, 0) is 19.1 Å². The topological polar surface area (TPSA) is 84.9 Å². The monoisotopic (exact) mass is 265 g/mol. The van der Waals surface area contributed by atoms with Crippen LogP contribution in [-0.4, -0.2) is 62.0 Å². The molecule has 0 aliphatic rings. The van der Waals surface area contributed by atoms with Crippen molar-refractivity contribution >= 4 is 24.1 Å². The number of aliphatic carboxylic acids is 1. The fraction of sp³-hybridized carbons (Fsp3) is 0.800. The third-order valence-electron chi connectivity index (χ3n) is 1.86. The number of methoxy groups -OCH3 is 1. The van der Waals surface area contributed by atoms with Crippen molar-refractivity contribution in [1.29, 1.82) is 0 Å². The molecule has 0 rings (SSSR count). The van der Waals surface area contributed by atoms with Crippen LogP contribution < -0.4 is 5.32 Å². The Balaban J connectivity index is 3.36. The highest BCUT2D eigenvalue weighted by atomic mass is 32.2. The lowest BCUT2D eigenvalue weighted by Crippen LogP contribution is -2.38. The van der Waals surface area contributed by atoms with E-state index in [1.807, 2.05) is 0 Å². The normalized spacial score (nSPS) is 12.1. The van der Waals surface area contributed by atoms with Gasteiger partial charge in [0.2, 0.25) is 6.41 Å². The molecule has 0 heterocycles. The van der Waals surface area contributed by atoms with E-state index in [9.17, 15) is 9.59 Å². The third kappa shape index (κ3) is 10.1. The van der Waals surface area contributed by atoms with E-state index in [4.69, 9.17) is 14.6 Å². The average molecular weight is 265 g/mol.